The maximum absolute atomic E-state index is 11.9. The van der Waals surface area contributed by atoms with Gasteiger partial charge in [-0.25, -0.2) is 0 Å². The molecule has 3 nitrogen and oxygen atoms in total. The van der Waals surface area contributed by atoms with Crippen LogP contribution in [0.2, 0.25) is 0 Å². The number of hydrogen-bond donors (Lipinski definition) is 1. The summed E-state index contributed by atoms with van der Waals surface area (Å²) in [6.07, 6.45) is 14.6. The number of aliphatic hydroxyl groups is 1. The topological polar surface area (TPSA) is 47.2 Å². The van der Waals surface area contributed by atoms with Gasteiger partial charge in [-0.3, -0.25) is 0 Å². The van der Waals surface area contributed by atoms with Crippen LogP contribution < -0.4 is 4.73 Å². The molecular formula is C24H35NO2. The Balaban J connectivity index is 1.43. The SMILES string of the molecule is C[C@]12CC[C@H](O)CC1CCC1C2CC[C@]2(C)C(c3ccc[n+]([O-])c3)CCC12. The fraction of sp³-hybridized carbons (Fsp3) is 0.792. The third kappa shape index (κ3) is 2.60. The zero-order valence-electron chi connectivity index (χ0n) is 16.9. The normalized spacial score (nSPS) is 49.1. The first-order valence-electron chi connectivity index (χ1n) is 11.3. The van der Waals surface area contributed by atoms with E-state index in [1.807, 2.05) is 12.3 Å². The predicted octanol–water partition coefficient (Wildman–Crippen LogP) is 4.81. The van der Waals surface area contributed by atoms with Crippen LogP contribution >= 0.6 is 0 Å². The lowest BCUT2D eigenvalue weighted by atomic mass is 9.44. The molecule has 1 N–H and O–H groups in total. The van der Waals surface area contributed by atoms with E-state index in [-0.39, 0.29) is 6.10 Å². The van der Waals surface area contributed by atoms with Gasteiger partial charge in [0.2, 0.25) is 0 Å². The van der Waals surface area contributed by atoms with Crippen LogP contribution in [0.5, 0.6) is 0 Å². The average molecular weight is 370 g/mol. The number of nitrogens with zero attached hydrogens (tertiary/aromatic N) is 1. The molecule has 5 unspecified atom stereocenters. The molecule has 1 aromatic rings. The van der Waals surface area contributed by atoms with Gasteiger partial charge in [0, 0.05) is 11.6 Å². The Morgan fingerprint density at radius 3 is 2.59 bits per heavy atom. The van der Waals surface area contributed by atoms with Crippen LogP contribution in [0.4, 0.5) is 0 Å². The van der Waals surface area contributed by atoms with E-state index < -0.39 is 0 Å². The van der Waals surface area contributed by atoms with Gasteiger partial charge in [0.05, 0.1) is 6.10 Å². The maximum atomic E-state index is 11.9. The summed E-state index contributed by atoms with van der Waals surface area (Å²) in [6.45, 7) is 5.10. The van der Waals surface area contributed by atoms with Crippen molar-refractivity contribution in [3.63, 3.8) is 0 Å². The summed E-state index contributed by atoms with van der Waals surface area (Å²) in [6, 6.07) is 4.10. The van der Waals surface area contributed by atoms with Crippen LogP contribution in [0.25, 0.3) is 0 Å². The smallest absolute Gasteiger partial charge is 0.183 e. The molecule has 3 heteroatoms. The second-order valence-electron chi connectivity index (χ2n) is 10.8. The highest BCUT2D eigenvalue weighted by molar-refractivity contribution is 5.22. The third-order valence-electron chi connectivity index (χ3n) is 9.84. The van der Waals surface area contributed by atoms with E-state index in [1.54, 1.807) is 6.20 Å². The number of pyridine rings is 1. The van der Waals surface area contributed by atoms with E-state index in [1.165, 1.54) is 50.5 Å². The standard InChI is InChI=1S/C24H35NO2/c1-23-11-9-18(26)14-17(23)5-6-19-21-8-7-20(16-4-3-13-25(27)15-16)24(21,2)12-10-22(19)23/h3-4,13,15,17-22,26H,5-12,14H2,1-2H3/t17?,18-,19?,20?,21?,22?,23-,24+/m0/s1. The zero-order valence-corrected chi connectivity index (χ0v) is 16.9. The Labute approximate surface area is 163 Å². The minimum absolute atomic E-state index is 0.0544. The number of aliphatic hydroxyl groups excluding tert-OH is 1. The summed E-state index contributed by atoms with van der Waals surface area (Å²) in [5.74, 6) is 3.79. The lowest BCUT2D eigenvalue weighted by Crippen LogP contribution is -2.53. The number of aromatic nitrogens is 1. The van der Waals surface area contributed by atoms with E-state index >= 15 is 0 Å². The van der Waals surface area contributed by atoms with Crippen LogP contribution in [0.3, 0.4) is 0 Å². The Morgan fingerprint density at radius 1 is 1.00 bits per heavy atom. The van der Waals surface area contributed by atoms with Crippen molar-refractivity contribution in [2.75, 3.05) is 0 Å². The van der Waals surface area contributed by atoms with E-state index in [0.717, 1.165) is 41.2 Å². The Kier molecular flexibility index (Phi) is 4.13. The Morgan fingerprint density at radius 2 is 1.78 bits per heavy atom. The molecule has 0 bridgehead atoms. The third-order valence-corrected chi connectivity index (χ3v) is 9.84. The highest BCUT2D eigenvalue weighted by Crippen LogP contribution is 2.68. The van der Waals surface area contributed by atoms with Crippen molar-refractivity contribution < 1.29 is 9.84 Å². The summed E-state index contributed by atoms with van der Waals surface area (Å²) < 4.78 is 0.983. The predicted molar refractivity (Wildman–Crippen MR) is 106 cm³/mol. The minimum atomic E-state index is -0.0544. The van der Waals surface area contributed by atoms with Crippen LogP contribution in [-0.2, 0) is 0 Å². The maximum Gasteiger partial charge on any atom is 0.183 e. The number of fused-ring (bicyclic) bond motifs is 5. The number of hydrogen-bond acceptors (Lipinski definition) is 2. The van der Waals surface area contributed by atoms with E-state index in [0.29, 0.717) is 16.7 Å². The first kappa shape index (κ1) is 18.0. The van der Waals surface area contributed by atoms with Crippen LogP contribution in [0.15, 0.2) is 24.5 Å². The van der Waals surface area contributed by atoms with Gasteiger partial charge in [-0.05, 0) is 104 Å². The van der Waals surface area contributed by atoms with Crippen molar-refractivity contribution in [1.82, 2.24) is 0 Å². The van der Waals surface area contributed by atoms with Crippen LogP contribution in [-0.4, -0.2) is 11.2 Å². The van der Waals surface area contributed by atoms with Crippen molar-refractivity contribution in [3.05, 3.63) is 35.3 Å². The molecule has 4 saturated carbocycles. The van der Waals surface area contributed by atoms with Crippen molar-refractivity contribution in [3.8, 4) is 0 Å². The quantitative estimate of drug-likeness (QED) is 0.570. The van der Waals surface area contributed by atoms with Gasteiger partial charge in [0.25, 0.3) is 0 Å². The van der Waals surface area contributed by atoms with Gasteiger partial charge in [-0.15, -0.1) is 0 Å². The molecule has 0 radical (unpaired) electrons. The van der Waals surface area contributed by atoms with E-state index in [2.05, 4.69) is 19.9 Å². The lowest BCUT2D eigenvalue weighted by Gasteiger charge is -2.61. The van der Waals surface area contributed by atoms with Crippen molar-refractivity contribution in [2.24, 2.45) is 34.5 Å². The molecule has 0 aromatic carbocycles. The molecule has 0 spiro atoms. The van der Waals surface area contributed by atoms with Gasteiger partial charge in [-0.2, -0.15) is 4.73 Å². The fourth-order valence-electron chi connectivity index (χ4n) is 8.46. The molecule has 5 rings (SSSR count). The summed E-state index contributed by atoms with van der Waals surface area (Å²) >= 11 is 0. The van der Waals surface area contributed by atoms with E-state index in [4.69, 9.17) is 0 Å². The largest absolute Gasteiger partial charge is 0.619 e. The molecular weight excluding hydrogens is 334 g/mol. The second kappa shape index (κ2) is 6.20. The molecule has 1 aromatic heterocycles. The highest BCUT2D eigenvalue weighted by Gasteiger charge is 2.60. The highest BCUT2D eigenvalue weighted by atomic mass is 16.5. The molecule has 4 aliphatic carbocycles. The first-order chi connectivity index (χ1) is 12.9. The molecule has 27 heavy (non-hydrogen) atoms. The summed E-state index contributed by atoms with van der Waals surface area (Å²) in [4.78, 5) is 0. The Hall–Kier alpha value is -1.09. The molecule has 1 heterocycles. The molecule has 8 atom stereocenters. The monoisotopic (exact) mass is 369 g/mol. The van der Waals surface area contributed by atoms with E-state index in [9.17, 15) is 10.3 Å². The molecule has 0 aliphatic heterocycles. The summed E-state index contributed by atoms with van der Waals surface area (Å²) in [5.41, 5.74) is 2.07. The van der Waals surface area contributed by atoms with Crippen molar-refractivity contribution in [2.45, 2.75) is 83.7 Å². The van der Waals surface area contributed by atoms with Gasteiger partial charge in [0.1, 0.15) is 0 Å². The molecule has 4 fully saturated rings. The minimum Gasteiger partial charge on any atom is -0.619 e. The van der Waals surface area contributed by atoms with Gasteiger partial charge in [-0.1, -0.05) is 13.8 Å². The van der Waals surface area contributed by atoms with Gasteiger partial charge >= 0.3 is 0 Å². The average Bonchev–Trinajstić information content (AvgIpc) is 2.99. The second-order valence-corrected chi connectivity index (χ2v) is 10.8. The van der Waals surface area contributed by atoms with Crippen LogP contribution in [0.1, 0.15) is 83.1 Å². The molecule has 4 aliphatic rings. The zero-order chi connectivity index (χ0) is 18.8. The van der Waals surface area contributed by atoms with Gasteiger partial charge in [0.15, 0.2) is 12.4 Å². The number of rotatable bonds is 1. The lowest BCUT2D eigenvalue weighted by molar-refractivity contribution is -0.606. The molecule has 148 valence electrons. The van der Waals surface area contributed by atoms with Gasteiger partial charge < -0.3 is 10.3 Å². The molecule has 0 amide bonds. The fourth-order valence-corrected chi connectivity index (χ4v) is 8.46. The van der Waals surface area contributed by atoms with Crippen molar-refractivity contribution in [1.29, 1.82) is 0 Å². The summed E-state index contributed by atoms with van der Waals surface area (Å²) in [7, 11) is 0. The first-order valence-corrected chi connectivity index (χ1v) is 11.3. The Bertz CT molecular complexity index is 720. The molecule has 0 saturated heterocycles. The van der Waals surface area contributed by atoms with Crippen molar-refractivity contribution >= 4 is 0 Å². The van der Waals surface area contributed by atoms with Crippen LogP contribution in [0, 0.1) is 39.7 Å². The summed E-state index contributed by atoms with van der Waals surface area (Å²) in [5, 5.41) is 22.1.